The summed E-state index contributed by atoms with van der Waals surface area (Å²) in [6, 6.07) is 3.95. The lowest BCUT2D eigenvalue weighted by Crippen LogP contribution is -2.19. The van der Waals surface area contributed by atoms with E-state index in [1.807, 2.05) is 56.4 Å². The van der Waals surface area contributed by atoms with Gasteiger partial charge >= 0.3 is 0 Å². The summed E-state index contributed by atoms with van der Waals surface area (Å²) >= 11 is 5.82. The minimum absolute atomic E-state index is 0.0567. The van der Waals surface area contributed by atoms with E-state index in [4.69, 9.17) is 11.6 Å². The topological polar surface area (TPSA) is 45.2 Å². The third kappa shape index (κ3) is 10.7. The lowest BCUT2D eigenvalue weighted by molar-refractivity contribution is -0.116. The summed E-state index contributed by atoms with van der Waals surface area (Å²) in [5.41, 5.74) is 2.22. The van der Waals surface area contributed by atoms with Crippen LogP contribution in [-0.4, -0.2) is 30.5 Å². The first-order valence-corrected chi connectivity index (χ1v) is 10.7. The van der Waals surface area contributed by atoms with Crippen LogP contribution in [0.25, 0.3) is 0 Å². The predicted octanol–water partition coefficient (Wildman–Crippen LogP) is 5.73. The van der Waals surface area contributed by atoms with Gasteiger partial charge in [0.25, 0.3) is 0 Å². The smallest absolute Gasteiger partial charge is 0.243 e. The standard InChI is InChI=1S/C14H21NO.C10H13ClN2/c1-4-7-9-13(10-8-5-2)11-12-14(16)15-6-3;1-8-3-5-13(7-8)9-2-4-12-10(11)6-9/h4,7-12H,5-6H2,1-3H3,(H,15,16);2,4,6,8H,3,5,7H2,1H3/b7-4-,10-8+,12-11+,13-9+;. The lowest BCUT2D eigenvalue weighted by atomic mass is 10.2. The summed E-state index contributed by atoms with van der Waals surface area (Å²) in [6.45, 7) is 11.2. The number of nitrogens with zero attached hydrogens (tertiary/aromatic N) is 2. The number of aromatic nitrogens is 1. The molecule has 158 valence electrons. The number of carbonyl (C=O) groups is 1. The van der Waals surface area contributed by atoms with E-state index in [2.05, 4.69) is 35.1 Å². The van der Waals surface area contributed by atoms with E-state index in [0.717, 1.165) is 31.0 Å². The Morgan fingerprint density at radius 3 is 2.72 bits per heavy atom. The van der Waals surface area contributed by atoms with Crippen LogP contribution >= 0.6 is 11.6 Å². The largest absolute Gasteiger partial charge is 0.371 e. The van der Waals surface area contributed by atoms with Crippen LogP contribution in [0.15, 0.2) is 66.4 Å². The second-order valence-corrected chi connectivity index (χ2v) is 7.29. The minimum Gasteiger partial charge on any atom is -0.371 e. The van der Waals surface area contributed by atoms with Gasteiger partial charge < -0.3 is 10.2 Å². The first-order chi connectivity index (χ1) is 14.0. The highest BCUT2D eigenvalue weighted by atomic mass is 35.5. The van der Waals surface area contributed by atoms with Gasteiger partial charge in [-0.25, -0.2) is 4.98 Å². The fraction of sp³-hybridized carbons (Fsp3) is 0.417. The van der Waals surface area contributed by atoms with Crippen molar-refractivity contribution in [2.45, 2.75) is 40.5 Å². The first-order valence-electron chi connectivity index (χ1n) is 10.3. The summed E-state index contributed by atoms with van der Waals surface area (Å²) in [7, 11) is 0. The third-order valence-electron chi connectivity index (χ3n) is 4.30. The molecule has 1 N–H and O–H groups in total. The SMILES string of the molecule is CC1CCN(c2ccnc(Cl)c2)C1.C\C=C/C=C(\C=C\CC)/C=C/C(=O)NCC. The molecule has 0 aromatic carbocycles. The maximum Gasteiger partial charge on any atom is 0.243 e. The molecule has 1 aromatic rings. The number of pyridine rings is 1. The van der Waals surface area contributed by atoms with Crippen molar-refractivity contribution in [1.82, 2.24) is 10.3 Å². The second kappa shape index (κ2) is 14.6. The van der Waals surface area contributed by atoms with Crippen molar-refractivity contribution in [3.05, 3.63) is 71.6 Å². The highest BCUT2D eigenvalue weighted by Gasteiger charge is 2.18. The van der Waals surface area contributed by atoms with E-state index < -0.39 is 0 Å². The van der Waals surface area contributed by atoms with Gasteiger partial charge in [0, 0.05) is 37.6 Å². The van der Waals surface area contributed by atoms with Crippen molar-refractivity contribution in [1.29, 1.82) is 0 Å². The highest BCUT2D eigenvalue weighted by molar-refractivity contribution is 6.29. The Kier molecular flexibility index (Phi) is 12.5. The molecule has 5 heteroatoms. The Hall–Kier alpha value is -2.33. The monoisotopic (exact) mass is 415 g/mol. The number of anilines is 1. The molecule has 1 aliphatic rings. The molecule has 1 atom stereocenters. The van der Waals surface area contributed by atoms with E-state index in [1.54, 1.807) is 12.3 Å². The maximum atomic E-state index is 11.2. The quantitative estimate of drug-likeness (QED) is 0.351. The van der Waals surface area contributed by atoms with Crippen LogP contribution in [-0.2, 0) is 4.79 Å². The molecule has 0 spiro atoms. The molecule has 2 rings (SSSR count). The second-order valence-electron chi connectivity index (χ2n) is 6.91. The molecule has 1 saturated heterocycles. The minimum atomic E-state index is -0.0567. The van der Waals surface area contributed by atoms with E-state index >= 15 is 0 Å². The van der Waals surface area contributed by atoms with Gasteiger partial charge in [0.15, 0.2) is 0 Å². The van der Waals surface area contributed by atoms with Crippen LogP contribution in [0.3, 0.4) is 0 Å². The molecule has 0 bridgehead atoms. The number of halogens is 1. The predicted molar refractivity (Wildman–Crippen MR) is 125 cm³/mol. The Labute approximate surface area is 181 Å². The van der Waals surface area contributed by atoms with Gasteiger partial charge in [-0.1, -0.05) is 55.8 Å². The number of amides is 1. The van der Waals surface area contributed by atoms with Crippen LogP contribution in [0.4, 0.5) is 5.69 Å². The molecule has 0 aliphatic carbocycles. The van der Waals surface area contributed by atoms with Crippen molar-refractivity contribution in [3.63, 3.8) is 0 Å². The van der Waals surface area contributed by atoms with Gasteiger partial charge in [-0.05, 0) is 56.4 Å². The van der Waals surface area contributed by atoms with Crippen LogP contribution in [0.1, 0.15) is 40.5 Å². The number of allylic oxidation sites excluding steroid dienone is 7. The number of carbonyl (C=O) groups excluding carboxylic acids is 1. The average Bonchev–Trinajstić information content (AvgIpc) is 3.14. The summed E-state index contributed by atoms with van der Waals surface area (Å²) in [5.74, 6) is 0.741. The van der Waals surface area contributed by atoms with Gasteiger partial charge in [-0.2, -0.15) is 0 Å². The number of nitrogens with one attached hydrogen (secondary N) is 1. The molecule has 1 unspecified atom stereocenters. The van der Waals surface area contributed by atoms with Crippen molar-refractivity contribution in [2.24, 2.45) is 5.92 Å². The van der Waals surface area contributed by atoms with E-state index in [-0.39, 0.29) is 5.91 Å². The van der Waals surface area contributed by atoms with E-state index in [9.17, 15) is 4.79 Å². The summed E-state index contributed by atoms with van der Waals surface area (Å²) < 4.78 is 0. The lowest BCUT2D eigenvalue weighted by Gasteiger charge is -2.17. The Morgan fingerprint density at radius 1 is 1.34 bits per heavy atom. The van der Waals surface area contributed by atoms with Gasteiger partial charge in [0.05, 0.1) is 0 Å². The fourth-order valence-corrected chi connectivity index (χ4v) is 2.96. The highest BCUT2D eigenvalue weighted by Crippen LogP contribution is 2.24. The van der Waals surface area contributed by atoms with Crippen molar-refractivity contribution in [2.75, 3.05) is 24.5 Å². The van der Waals surface area contributed by atoms with Crippen molar-refractivity contribution in [3.8, 4) is 0 Å². The van der Waals surface area contributed by atoms with Gasteiger partial charge in [0.1, 0.15) is 5.15 Å². The van der Waals surface area contributed by atoms with E-state index in [0.29, 0.717) is 11.7 Å². The Bertz CT molecular complexity index is 737. The molecular weight excluding hydrogens is 382 g/mol. The zero-order valence-electron chi connectivity index (χ0n) is 18.1. The van der Waals surface area contributed by atoms with Gasteiger partial charge in [-0.3, -0.25) is 4.79 Å². The molecule has 1 aliphatic heterocycles. The number of likely N-dealkylation sites (N-methyl/N-ethyl adjacent to an activating group) is 1. The summed E-state index contributed by atoms with van der Waals surface area (Å²) in [5, 5.41) is 3.30. The van der Waals surface area contributed by atoms with Crippen molar-refractivity contribution >= 4 is 23.2 Å². The van der Waals surface area contributed by atoms with Gasteiger partial charge in [0.2, 0.25) is 5.91 Å². The zero-order valence-corrected chi connectivity index (χ0v) is 18.8. The van der Waals surface area contributed by atoms with Gasteiger partial charge in [-0.15, -0.1) is 0 Å². The normalized spacial score (nSPS) is 17.2. The summed E-state index contributed by atoms with van der Waals surface area (Å²) in [4.78, 5) is 17.6. The third-order valence-corrected chi connectivity index (χ3v) is 4.51. The van der Waals surface area contributed by atoms with Crippen LogP contribution in [0, 0.1) is 5.92 Å². The molecular formula is C24H34ClN3O. The molecule has 0 saturated carbocycles. The molecule has 2 heterocycles. The first kappa shape index (κ1) is 24.7. The number of hydrogen-bond acceptors (Lipinski definition) is 3. The average molecular weight is 416 g/mol. The summed E-state index contributed by atoms with van der Waals surface area (Å²) in [6.07, 6.45) is 17.4. The van der Waals surface area contributed by atoms with Crippen LogP contribution in [0.5, 0.6) is 0 Å². The molecule has 1 fully saturated rings. The molecule has 1 aromatic heterocycles. The molecule has 1 amide bonds. The number of hydrogen-bond donors (Lipinski definition) is 1. The Morgan fingerprint density at radius 2 is 2.14 bits per heavy atom. The molecule has 0 radical (unpaired) electrons. The Balaban J connectivity index is 0.000000294. The fourth-order valence-electron chi connectivity index (χ4n) is 2.79. The van der Waals surface area contributed by atoms with Crippen LogP contribution in [0.2, 0.25) is 5.15 Å². The molecule has 4 nitrogen and oxygen atoms in total. The molecule has 29 heavy (non-hydrogen) atoms. The van der Waals surface area contributed by atoms with Crippen LogP contribution < -0.4 is 10.2 Å². The number of rotatable bonds is 7. The maximum absolute atomic E-state index is 11.2. The van der Waals surface area contributed by atoms with E-state index in [1.165, 1.54) is 12.1 Å². The van der Waals surface area contributed by atoms with Crippen molar-refractivity contribution < 1.29 is 4.79 Å². The zero-order chi connectivity index (χ0) is 21.5.